The molecule has 0 aliphatic heterocycles. The summed E-state index contributed by atoms with van der Waals surface area (Å²) >= 11 is 0. The van der Waals surface area contributed by atoms with Gasteiger partial charge < -0.3 is 14.7 Å². The van der Waals surface area contributed by atoms with E-state index in [1.165, 1.54) is 11.1 Å². The fraction of sp³-hybridized carbons (Fsp3) is 0. The Balaban J connectivity index is 0.000000463. The zero-order valence-electron chi connectivity index (χ0n) is 11.7. The van der Waals surface area contributed by atoms with E-state index in [0.717, 1.165) is 5.69 Å². The average molecular weight is 332 g/mol. The Labute approximate surface area is 132 Å². The van der Waals surface area contributed by atoms with Crippen molar-refractivity contribution in [2.24, 2.45) is 5.84 Å². The molecule has 0 fully saturated rings. The maximum atomic E-state index is 9.09. The van der Waals surface area contributed by atoms with Crippen LogP contribution in [0.1, 0.15) is 11.1 Å². The summed E-state index contributed by atoms with van der Waals surface area (Å²) in [6.07, 6.45) is 0. The highest BCUT2D eigenvalue weighted by molar-refractivity contribution is 7.45. The summed E-state index contributed by atoms with van der Waals surface area (Å²) in [5.74, 6) is 5.98. The highest BCUT2D eigenvalue weighted by Gasteiger charge is 2.10. The second-order valence-corrected chi connectivity index (χ2v) is 5.20. The second-order valence-electron chi connectivity index (χ2n) is 4.17. The van der Waals surface area contributed by atoms with Crippen LogP contribution in [-0.4, -0.2) is 14.7 Å². The van der Waals surface area contributed by atoms with E-state index in [1.54, 1.807) is 12.1 Å². The minimum Gasteiger partial charge on any atom is -0.303 e. The molecule has 0 aromatic heterocycles. The lowest BCUT2D eigenvalue weighted by Gasteiger charge is -2.19. The van der Waals surface area contributed by atoms with E-state index < -0.39 is 7.82 Å². The number of para-hydroxylation sites is 1. The van der Waals surface area contributed by atoms with Crippen molar-refractivity contribution in [2.45, 2.75) is 0 Å². The highest BCUT2D eigenvalue weighted by atomic mass is 31.2. The SMILES string of the molecule is N#Cc1ccc(N(N)c2ccccc2)c(C#N)c1.O=P(O)(O)O. The smallest absolute Gasteiger partial charge is 0.303 e. The number of hydrogen-bond acceptors (Lipinski definition) is 5. The van der Waals surface area contributed by atoms with Crippen LogP contribution in [0.25, 0.3) is 0 Å². The second kappa shape index (κ2) is 8.06. The van der Waals surface area contributed by atoms with Crippen molar-refractivity contribution in [1.82, 2.24) is 0 Å². The lowest BCUT2D eigenvalue weighted by Crippen LogP contribution is -2.25. The van der Waals surface area contributed by atoms with Crippen LogP contribution in [0.2, 0.25) is 0 Å². The van der Waals surface area contributed by atoms with Gasteiger partial charge in [0, 0.05) is 0 Å². The lowest BCUT2D eigenvalue weighted by molar-refractivity contribution is 0.275. The number of hydrazine groups is 1. The van der Waals surface area contributed by atoms with Crippen LogP contribution in [0.15, 0.2) is 48.5 Å². The van der Waals surface area contributed by atoms with Crippen LogP contribution >= 0.6 is 7.82 Å². The van der Waals surface area contributed by atoms with E-state index in [9.17, 15) is 0 Å². The molecule has 0 spiro atoms. The Morgan fingerprint density at radius 1 is 1.00 bits per heavy atom. The number of rotatable bonds is 2. The van der Waals surface area contributed by atoms with Gasteiger partial charge in [0.1, 0.15) is 6.07 Å². The maximum Gasteiger partial charge on any atom is 0.466 e. The summed E-state index contributed by atoms with van der Waals surface area (Å²) in [5, 5.41) is 19.3. The third kappa shape index (κ3) is 6.29. The first kappa shape index (κ1) is 18.3. The Morgan fingerprint density at radius 3 is 2.04 bits per heavy atom. The molecule has 118 valence electrons. The zero-order chi connectivity index (χ0) is 17.5. The van der Waals surface area contributed by atoms with Gasteiger partial charge in [-0.05, 0) is 30.3 Å². The number of nitrogens with two attached hydrogens (primary N) is 1. The molecule has 0 amide bonds. The quantitative estimate of drug-likeness (QED) is 0.366. The van der Waals surface area contributed by atoms with Crippen molar-refractivity contribution < 1.29 is 19.2 Å². The van der Waals surface area contributed by atoms with E-state index in [-0.39, 0.29) is 0 Å². The van der Waals surface area contributed by atoms with Crippen LogP contribution in [-0.2, 0) is 4.57 Å². The summed E-state index contributed by atoms with van der Waals surface area (Å²) in [5.41, 5.74) is 2.17. The van der Waals surface area contributed by atoms with Crippen LogP contribution in [0.5, 0.6) is 0 Å². The third-order valence-electron chi connectivity index (χ3n) is 2.54. The Hall–Kier alpha value is -2.71. The number of phosphoric acid groups is 1. The summed E-state index contributed by atoms with van der Waals surface area (Å²) in [4.78, 5) is 21.6. The van der Waals surface area contributed by atoms with Crippen molar-refractivity contribution in [3.8, 4) is 12.1 Å². The monoisotopic (exact) mass is 332 g/mol. The van der Waals surface area contributed by atoms with E-state index in [2.05, 4.69) is 0 Å². The molecule has 23 heavy (non-hydrogen) atoms. The topological polar surface area (TPSA) is 155 Å². The van der Waals surface area contributed by atoms with E-state index in [0.29, 0.717) is 16.8 Å². The average Bonchev–Trinajstić information content (AvgIpc) is 2.52. The number of nitriles is 2. The van der Waals surface area contributed by atoms with Gasteiger partial charge in [0.2, 0.25) is 0 Å². The Bertz CT molecular complexity index is 784. The van der Waals surface area contributed by atoms with Crippen LogP contribution in [0, 0.1) is 22.7 Å². The number of nitrogens with zero attached hydrogens (tertiary/aromatic N) is 3. The van der Waals surface area contributed by atoms with Crippen molar-refractivity contribution in [1.29, 1.82) is 10.5 Å². The lowest BCUT2D eigenvalue weighted by atomic mass is 10.1. The summed E-state index contributed by atoms with van der Waals surface area (Å²) in [6, 6.07) is 18.2. The van der Waals surface area contributed by atoms with Crippen molar-refractivity contribution in [3.05, 3.63) is 59.7 Å². The number of hydrogen-bond donors (Lipinski definition) is 4. The van der Waals surface area contributed by atoms with Gasteiger partial charge in [-0.15, -0.1) is 0 Å². The van der Waals surface area contributed by atoms with Gasteiger partial charge >= 0.3 is 7.82 Å². The molecule has 0 radical (unpaired) electrons. The summed E-state index contributed by atoms with van der Waals surface area (Å²) in [6.45, 7) is 0. The van der Waals surface area contributed by atoms with Crippen LogP contribution in [0.4, 0.5) is 11.4 Å². The predicted octanol–water partition coefficient (Wildman–Crippen LogP) is 1.51. The molecule has 2 rings (SSSR count). The van der Waals surface area contributed by atoms with E-state index >= 15 is 0 Å². The van der Waals surface area contributed by atoms with Gasteiger partial charge in [-0.1, -0.05) is 18.2 Å². The molecular weight excluding hydrogens is 319 g/mol. The standard InChI is InChI=1S/C14H10N4.H3O4P/c15-9-11-6-7-14(12(8-11)10-16)18(17)13-4-2-1-3-5-13;1-5(2,3)4/h1-8H,17H2;(H3,1,2,3,4). The normalized spacial score (nSPS) is 9.83. The Kier molecular flexibility index (Phi) is 6.43. The van der Waals surface area contributed by atoms with Gasteiger partial charge in [0.05, 0.1) is 28.6 Å². The van der Waals surface area contributed by atoms with Crippen LogP contribution in [0.3, 0.4) is 0 Å². The summed E-state index contributed by atoms with van der Waals surface area (Å²) < 4.78 is 8.88. The van der Waals surface area contributed by atoms with Gasteiger partial charge in [0.25, 0.3) is 0 Å². The van der Waals surface area contributed by atoms with Crippen molar-refractivity contribution in [2.75, 3.05) is 5.01 Å². The van der Waals surface area contributed by atoms with Crippen molar-refractivity contribution >= 4 is 19.2 Å². The fourth-order valence-electron chi connectivity index (χ4n) is 1.63. The molecule has 2 aromatic rings. The molecule has 0 saturated carbocycles. The largest absolute Gasteiger partial charge is 0.466 e. The molecule has 0 bridgehead atoms. The fourth-order valence-corrected chi connectivity index (χ4v) is 1.63. The van der Waals surface area contributed by atoms with E-state index in [1.807, 2.05) is 42.5 Å². The first-order chi connectivity index (χ1) is 10.8. The minimum atomic E-state index is -4.64. The molecule has 0 heterocycles. The van der Waals surface area contributed by atoms with E-state index in [4.69, 9.17) is 35.6 Å². The maximum absolute atomic E-state index is 9.09. The summed E-state index contributed by atoms with van der Waals surface area (Å²) in [7, 11) is -4.64. The van der Waals surface area contributed by atoms with Gasteiger partial charge in [0.15, 0.2) is 0 Å². The molecule has 0 saturated heterocycles. The Morgan fingerprint density at radius 2 is 1.57 bits per heavy atom. The molecule has 0 atom stereocenters. The predicted molar refractivity (Wildman–Crippen MR) is 82.9 cm³/mol. The van der Waals surface area contributed by atoms with Gasteiger partial charge in [-0.25, -0.2) is 10.4 Å². The molecule has 8 nitrogen and oxygen atoms in total. The number of anilines is 2. The highest BCUT2D eigenvalue weighted by Crippen LogP contribution is 2.26. The molecular formula is C14H13N4O4P. The first-order valence-corrected chi connectivity index (χ1v) is 7.65. The zero-order valence-corrected chi connectivity index (χ0v) is 12.6. The minimum absolute atomic E-state index is 0.375. The molecule has 0 aliphatic rings. The molecule has 2 aromatic carbocycles. The first-order valence-electron chi connectivity index (χ1n) is 6.08. The molecule has 0 unspecified atom stereocenters. The molecule has 9 heteroatoms. The molecule has 0 aliphatic carbocycles. The number of benzene rings is 2. The third-order valence-corrected chi connectivity index (χ3v) is 2.54. The van der Waals surface area contributed by atoms with Gasteiger partial charge in [-0.3, -0.25) is 5.01 Å². The van der Waals surface area contributed by atoms with Gasteiger partial charge in [-0.2, -0.15) is 10.5 Å². The molecule has 5 N–H and O–H groups in total. The van der Waals surface area contributed by atoms with Crippen LogP contribution < -0.4 is 10.9 Å². The van der Waals surface area contributed by atoms with Crippen molar-refractivity contribution in [3.63, 3.8) is 0 Å².